The third-order valence-electron chi connectivity index (χ3n) is 3.44. The number of rotatable bonds is 4. The molecular weight excluding hydrogens is 286 g/mol. The number of nitrogens with zero attached hydrogens (tertiary/aromatic N) is 2. The van der Waals surface area contributed by atoms with E-state index in [4.69, 9.17) is 4.52 Å². The fraction of sp³-hybridized carbons (Fsp3) is 0.533. The molecule has 2 aromatic rings. The molecular formula is C15H21N3O2S. The number of amides is 1. The number of carbonyl (C=O) groups excluding carboxylic acids is 1. The van der Waals surface area contributed by atoms with Crippen molar-refractivity contribution >= 4 is 17.2 Å². The van der Waals surface area contributed by atoms with Gasteiger partial charge in [0.1, 0.15) is 5.76 Å². The van der Waals surface area contributed by atoms with Crippen molar-refractivity contribution in [2.24, 2.45) is 0 Å². The van der Waals surface area contributed by atoms with Crippen LogP contribution in [0, 0.1) is 27.7 Å². The third kappa shape index (κ3) is 3.32. The number of hydrogen-bond donors (Lipinski definition) is 1. The molecule has 0 radical (unpaired) electrons. The molecule has 2 rings (SSSR count). The Bertz CT molecular complexity index is 651. The lowest BCUT2D eigenvalue weighted by Gasteiger charge is -2.26. The summed E-state index contributed by atoms with van der Waals surface area (Å²) in [6.07, 6.45) is 0.295. The standard InChI is InChI=1S/C15H21N3O2S/c1-8-14(9(2)20-18-8)15(5,6)17-13(19)7-12-10(3)21-11(4)16-12/h7H2,1-6H3,(H,17,19). The topological polar surface area (TPSA) is 68.0 Å². The van der Waals surface area contributed by atoms with Crippen LogP contribution in [0.1, 0.15) is 46.4 Å². The van der Waals surface area contributed by atoms with Gasteiger partial charge < -0.3 is 9.84 Å². The molecule has 0 atom stereocenters. The van der Waals surface area contributed by atoms with Crippen molar-refractivity contribution in [1.82, 2.24) is 15.5 Å². The molecule has 1 amide bonds. The van der Waals surface area contributed by atoms with E-state index in [-0.39, 0.29) is 5.91 Å². The number of aromatic nitrogens is 2. The van der Waals surface area contributed by atoms with Gasteiger partial charge in [-0.2, -0.15) is 0 Å². The van der Waals surface area contributed by atoms with Crippen molar-refractivity contribution in [3.05, 3.63) is 32.6 Å². The zero-order valence-corrected chi connectivity index (χ0v) is 14.1. The summed E-state index contributed by atoms with van der Waals surface area (Å²) in [4.78, 5) is 17.8. The van der Waals surface area contributed by atoms with Crippen LogP contribution in [0.2, 0.25) is 0 Å². The van der Waals surface area contributed by atoms with Gasteiger partial charge in [-0.15, -0.1) is 11.3 Å². The Morgan fingerprint density at radius 3 is 2.43 bits per heavy atom. The summed E-state index contributed by atoms with van der Waals surface area (Å²) in [5.41, 5.74) is 2.06. The molecule has 21 heavy (non-hydrogen) atoms. The lowest BCUT2D eigenvalue weighted by molar-refractivity contribution is -0.122. The van der Waals surface area contributed by atoms with Gasteiger partial charge in [-0.05, 0) is 41.5 Å². The maximum Gasteiger partial charge on any atom is 0.226 e. The first kappa shape index (κ1) is 15.7. The molecule has 0 bridgehead atoms. The molecule has 0 saturated heterocycles. The minimum absolute atomic E-state index is 0.0478. The Morgan fingerprint density at radius 2 is 1.95 bits per heavy atom. The van der Waals surface area contributed by atoms with E-state index in [0.717, 1.165) is 32.6 Å². The Balaban J connectivity index is 2.13. The van der Waals surface area contributed by atoms with Crippen LogP contribution < -0.4 is 5.32 Å². The van der Waals surface area contributed by atoms with Crippen molar-refractivity contribution in [3.63, 3.8) is 0 Å². The molecule has 6 heteroatoms. The van der Waals surface area contributed by atoms with E-state index in [9.17, 15) is 4.79 Å². The van der Waals surface area contributed by atoms with Crippen LogP contribution in [-0.4, -0.2) is 16.0 Å². The molecule has 0 aromatic carbocycles. The summed E-state index contributed by atoms with van der Waals surface area (Å²) in [6, 6.07) is 0. The normalized spacial score (nSPS) is 11.7. The zero-order valence-electron chi connectivity index (χ0n) is 13.3. The van der Waals surface area contributed by atoms with Crippen LogP contribution in [0.25, 0.3) is 0 Å². The van der Waals surface area contributed by atoms with Crippen LogP contribution in [0.5, 0.6) is 0 Å². The first-order valence-electron chi connectivity index (χ1n) is 6.88. The number of aryl methyl sites for hydroxylation is 4. The van der Waals surface area contributed by atoms with Gasteiger partial charge in [0.25, 0.3) is 0 Å². The quantitative estimate of drug-likeness (QED) is 0.943. The van der Waals surface area contributed by atoms with E-state index in [1.807, 2.05) is 41.5 Å². The highest BCUT2D eigenvalue weighted by atomic mass is 32.1. The van der Waals surface area contributed by atoms with Crippen LogP contribution in [0.4, 0.5) is 0 Å². The van der Waals surface area contributed by atoms with Gasteiger partial charge in [-0.3, -0.25) is 4.79 Å². The molecule has 0 unspecified atom stereocenters. The van der Waals surface area contributed by atoms with Gasteiger partial charge in [0.05, 0.1) is 28.4 Å². The van der Waals surface area contributed by atoms with E-state index >= 15 is 0 Å². The fourth-order valence-electron chi connectivity index (χ4n) is 2.72. The second-order valence-electron chi connectivity index (χ2n) is 5.78. The van der Waals surface area contributed by atoms with Gasteiger partial charge >= 0.3 is 0 Å². The molecule has 114 valence electrons. The van der Waals surface area contributed by atoms with Gasteiger partial charge in [-0.25, -0.2) is 4.98 Å². The molecule has 0 fully saturated rings. The highest BCUT2D eigenvalue weighted by molar-refractivity contribution is 7.11. The molecule has 0 aliphatic heterocycles. The summed E-state index contributed by atoms with van der Waals surface area (Å²) < 4.78 is 5.19. The zero-order chi connectivity index (χ0) is 15.8. The largest absolute Gasteiger partial charge is 0.361 e. The van der Waals surface area contributed by atoms with Crippen molar-refractivity contribution in [2.45, 2.75) is 53.5 Å². The molecule has 0 saturated carbocycles. The van der Waals surface area contributed by atoms with E-state index < -0.39 is 5.54 Å². The highest BCUT2D eigenvalue weighted by Crippen LogP contribution is 2.27. The van der Waals surface area contributed by atoms with Gasteiger partial charge in [0, 0.05) is 10.4 Å². The number of carbonyl (C=O) groups is 1. The lowest BCUT2D eigenvalue weighted by atomic mass is 9.92. The van der Waals surface area contributed by atoms with Crippen LogP contribution in [0.3, 0.4) is 0 Å². The maximum atomic E-state index is 12.3. The average molecular weight is 307 g/mol. The smallest absolute Gasteiger partial charge is 0.226 e. The van der Waals surface area contributed by atoms with Gasteiger partial charge in [0.2, 0.25) is 5.91 Å². The van der Waals surface area contributed by atoms with Crippen LogP contribution in [0.15, 0.2) is 4.52 Å². The average Bonchev–Trinajstić information content (AvgIpc) is 2.81. The van der Waals surface area contributed by atoms with Crippen molar-refractivity contribution in [3.8, 4) is 0 Å². The number of hydrogen-bond acceptors (Lipinski definition) is 5. The Morgan fingerprint density at radius 1 is 1.29 bits per heavy atom. The monoisotopic (exact) mass is 307 g/mol. The number of nitrogens with one attached hydrogen (secondary N) is 1. The van der Waals surface area contributed by atoms with Crippen molar-refractivity contribution in [2.75, 3.05) is 0 Å². The molecule has 2 aromatic heterocycles. The lowest BCUT2D eigenvalue weighted by Crippen LogP contribution is -2.42. The van der Waals surface area contributed by atoms with Crippen LogP contribution in [-0.2, 0) is 16.8 Å². The molecule has 0 aliphatic rings. The Labute approximate surface area is 128 Å². The minimum Gasteiger partial charge on any atom is -0.361 e. The predicted octanol–water partition coefficient (Wildman–Crippen LogP) is 2.96. The second kappa shape index (κ2) is 5.60. The highest BCUT2D eigenvalue weighted by Gasteiger charge is 2.29. The first-order valence-corrected chi connectivity index (χ1v) is 7.69. The summed E-state index contributed by atoms with van der Waals surface area (Å²) in [5, 5.41) is 7.99. The number of thiazole rings is 1. The summed E-state index contributed by atoms with van der Waals surface area (Å²) in [5.74, 6) is 0.687. The summed E-state index contributed by atoms with van der Waals surface area (Å²) in [7, 11) is 0. The third-order valence-corrected chi connectivity index (χ3v) is 4.37. The summed E-state index contributed by atoms with van der Waals surface area (Å²) >= 11 is 1.62. The molecule has 1 N–H and O–H groups in total. The predicted molar refractivity (Wildman–Crippen MR) is 82.4 cm³/mol. The summed E-state index contributed by atoms with van der Waals surface area (Å²) in [6.45, 7) is 11.6. The van der Waals surface area contributed by atoms with Gasteiger partial charge in [-0.1, -0.05) is 5.16 Å². The molecule has 0 spiro atoms. The minimum atomic E-state index is -0.524. The van der Waals surface area contributed by atoms with E-state index in [1.54, 1.807) is 11.3 Å². The van der Waals surface area contributed by atoms with Crippen molar-refractivity contribution < 1.29 is 9.32 Å². The Hall–Kier alpha value is -1.69. The van der Waals surface area contributed by atoms with E-state index in [1.165, 1.54) is 0 Å². The van der Waals surface area contributed by atoms with Crippen LogP contribution >= 0.6 is 11.3 Å². The molecule has 0 aliphatic carbocycles. The second-order valence-corrected chi connectivity index (χ2v) is 7.19. The van der Waals surface area contributed by atoms with E-state index in [0.29, 0.717) is 6.42 Å². The van der Waals surface area contributed by atoms with Gasteiger partial charge in [0.15, 0.2) is 0 Å². The first-order chi connectivity index (χ1) is 9.70. The fourth-order valence-corrected chi connectivity index (χ4v) is 3.55. The molecule has 5 nitrogen and oxygen atoms in total. The van der Waals surface area contributed by atoms with Crippen molar-refractivity contribution in [1.29, 1.82) is 0 Å². The molecule has 2 heterocycles. The Kier molecular flexibility index (Phi) is 4.18. The SMILES string of the molecule is Cc1nc(CC(=O)NC(C)(C)c2c(C)noc2C)c(C)s1. The maximum absolute atomic E-state index is 12.3. The van der Waals surface area contributed by atoms with E-state index in [2.05, 4.69) is 15.5 Å².